The van der Waals surface area contributed by atoms with Crippen LogP contribution in [0, 0.1) is 0 Å². The van der Waals surface area contributed by atoms with Crippen LogP contribution in [0.4, 0.5) is 4.79 Å². The van der Waals surface area contributed by atoms with Crippen LogP contribution in [0.15, 0.2) is 38.1 Å². The van der Waals surface area contributed by atoms with E-state index in [0.717, 1.165) is 28.7 Å². The van der Waals surface area contributed by atoms with Gasteiger partial charge in [-0.2, -0.15) is 4.98 Å². The Kier molecular flexibility index (Phi) is 4.82. The minimum atomic E-state index is -0.489. The fourth-order valence-corrected chi connectivity index (χ4v) is 3.50. The van der Waals surface area contributed by atoms with Crippen molar-refractivity contribution in [3.05, 3.63) is 30.1 Å². The van der Waals surface area contributed by atoms with Crippen molar-refractivity contribution >= 4 is 29.7 Å². The van der Waals surface area contributed by atoms with Gasteiger partial charge in [0, 0.05) is 29.3 Å². The fourth-order valence-electron chi connectivity index (χ4n) is 3.28. The molecule has 1 saturated heterocycles. The first-order valence-corrected chi connectivity index (χ1v) is 9.78. The Morgan fingerprint density at radius 1 is 1.25 bits per heavy atom. The zero-order valence-corrected chi connectivity index (χ0v) is 17.0. The zero-order valence-electron chi connectivity index (χ0n) is 16.1. The molecule has 0 unspecified atom stereocenters. The number of hydrogen-bond donors (Lipinski definition) is 1. The summed E-state index contributed by atoms with van der Waals surface area (Å²) in [5, 5.41) is 5.08. The van der Waals surface area contributed by atoms with Gasteiger partial charge in [0.15, 0.2) is 11.6 Å². The number of benzene rings is 1. The van der Waals surface area contributed by atoms with E-state index in [4.69, 9.17) is 13.7 Å². The summed E-state index contributed by atoms with van der Waals surface area (Å²) in [6.07, 6.45) is 1.26. The van der Waals surface area contributed by atoms with Crippen molar-refractivity contribution in [1.82, 2.24) is 15.0 Å². The third kappa shape index (κ3) is 4.01. The second-order valence-corrected chi connectivity index (χ2v) is 8.55. The summed E-state index contributed by atoms with van der Waals surface area (Å²) in [6.45, 7) is 6.83. The number of amides is 1. The van der Waals surface area contributed by atoms with E-state index in [1.54, 1.807) is 4.90 Å². The monoisotopic (exact) mass is 401 g/mol. The largest absolute Gasteiger partial charge is 0.451 e. The van der Waals surface area contributed by atoms with Crippen molar-refractivity contribution in [3.8, 4) is 11.7 Å². The van der Waals surface area contributed by atoms with Crippen LogP contribution in [0.1, 0.15) is 45.4 Å². The van der Waals surface area contributed by atoms with Crippen LogP contribution in [-0.4, -0.2) is 39.8 Å². The van der Waals surface area contributed by atoms with Crippen LogP contribution >= 0.6 is 12.6 Å². The van der Waals surface area contributed by atoms with Crippen molar-refractivity contribution in [2.24, 2.45) is 0 Å². The zero-order chi connectivity index (χ0) is 19.9. The molecular formula is C20H23N3O4S. The number of carbonyl (C=O) groups is 1. The number of carbonyl (C=O) groups excluding carboxylic acids is 1. The third-order valence-electron chi connectivity index (χ3n) is 4.66. The van der Waals surface area contributed by atoms with Gasteiger partial charge in [0.05, 0.1) is 0 Å². The number of piperidine rings is 1. The highest BCUT2D eigenvalue weighted by Crippen LogP contribution is 2.31. The van der Waals surface area contributed by atoms with Gasteiger partial charge in [0.25, 0.3) is 5.89 Å². The van der Waals surface area contributed by atoms with Gasteiger partial charge in [-0.1, -0.05) is 5.16 Å². The molecule has 0 N–H and O–H groups in total. The molecule has 2 aromatic heterocycles. The van der Waals surface area contributed by atoms with E-state index in [9.17, 15) is 4.79 Å². The number of furan rings is 1. The van der Waals surface area contributed by atoms with Gasteiger partial charge < -0.3 is 18.6 Å². The normalized spacial score (nSPS) is 15.9. The Balaban J connectivity index is 1.43. The Bertz CT molecular complexity index is 996. The van der Waals surface area contributed by atoms with E-state index in [2.05, 4.69) is 22.8 Å². The van der Waals surface area contributed by atoms with E-state index in [0.29, 0.717) is 30.6 Å². The highest BCUT2D eigenvalue weighted by molar-refractivity contribution is 7.80. The van der Waals surface area contributed by atoms with E-state index in [1.165, 1.54) is 0 Å². The average molecular weight is 401 g/mol. The molecule has 4 rings (SSSR count). The number of nitrogens with zero attached hydrogens (tertiary/aromatic N) is 3. The first-order chi connectivity index (χ1) is 13.3. The molecule has 0 radical (unpaired) electrons. The third-order valence-corrected chi connectivity index (χ3v) is 4.94. The maximum absolute atomic E-state index is 12.2. The number of ether oxygens (including phenoxy) is 1. The van der Waals surface area contributed by atoms with Crippen LogP contribution in [0.2, 0.25) is 0 Å². The second kappa shape index (κ2) is 7.16. The summed E-state index contributed by atoms with van der Waals surface area (Å²) < 4.78 is 16.7. The van der Waals surface area contributed by atoms with Gasteiger partial charge in [-0.05, 0) is 57.9 Å². The lowest BCUT2D eigenvalue weighted by Gasteiger charge is -2.32. The molecule has 3 aromatic rings. The summed E-state index contributed by atoms with van der Waals surface area (Å²) >= 11 is 4.34. The molecule has 148 valence electrons. The molecule has 1 fully saturated rings. The topological polar surface area (TPSA) is 81.6 Å². The van der Waals surface area contributed by atoms with Crippen LogP contribution in [-0.2, 0) is 4.74 Å². The maximum Gasteiger partial charge on any atom is 0.410 e. The molecule has 0 saturated carbocycles. The summed E-state index contributed by atoms with van der Waals surface area (Å²) in [7, 11) is 0. The number of fused-ring (bicyclic) bond motifs is 1. The average Bonchev–Trinajstić information content (AvgIpc) is 3.27. The van der Waals surface area contributed by atoms with Gasteiger partial charge in [-0.3, -0.25) is 0 Å². The summed E-state index contributed by atoms with van der Waals surface area (Å²) in [5.41, 5.74) is 0.259. The number of hydrogen-bond acceptors (Lipinski definition) is 7. The predicted octanol–water partition coefficient (Wildman–Crippen LogP) is 4.89. The summed E-state index contributed by atoms with van der Waals surface area (Å²) in [6, 6.07) is 7.54. The number of likely N-dealkylation sites (tertiary alicyclic amines) is 1. The first-order valence-electron chi connectivity index (χ1n) is 9.33. The van der Waals surface area contributed by atoms with E-state index < -0.39 is 5.60 Å². The lowest BCUT2D eigenvalue weighted by atomic mass is 9.96. The summed E-state index contributed by atoms with van der Waals surface area (Å²) in [5.74, 6) is 1.69. The predicted molar refractivity (Wildman–Crippen MR) is 107 cm³/mol. The molecule has 8 heteroatoms. The SMILES string of the molecule is CC(C)(C)OC(=O)N1CCC(c2noc(-c3cc4cc(S)ccc4o3)n2)CC1. The van der Waals surface area contributed by atoms with Crippen molar-refractivity contribution in [2.75, 3.05) is 13.1 Å². The highest BCUT2D eigenvalue weighted by Gasteiger charge is 2.30. The maximum atomic E-state index is 12.2. The Morgan fingerprint density at radius 2 is 2.00 bits per heavy atom. The molecule has 3 heterocycles. The van der Waals surface area contributed by atoms with Crippen LogP contribution in [0.5, 0.6) is 0 Å². The van der Waals surface area contributed by atoms with Crippen molar-refractivity contribution in [1.29, 1.82) is 0 Å². The first kappa shape index (κ1) is 18.9. The van der Waals surface area contributed by atoms with E-state index >= 15 is 0 Å². The number of aromatic nitrogens is 2. The van der Waals surface area contributed by atoms with Crippen LogP contribution < -0.4 is 0 Å². The van der Waals surface area contributed by atoms with Crippen molar-refractivity contribution in [2.45, 2.75) is 50.0 Å². The van der Waals surface area contributed by atoms with Gasteiger partial charge in [0.2, 0.25) is 0 Å². The van der Waals surface area contributed by atoms with E-state index in [1.807, 2.05) is 45.0 Å². The molecule has 0 aliphatic carbocycles. The van der Waals surface area contributed by atoms with Gasteiger partial charge in [-0.25, -0.2) is 4.79 Å². The van der Waals surface area contributed by atoms with Crippen LogP contribution in [0.25, 0.3) is 22.6 Å². The van der Waals surface area contributed by atoms with Crippen molar-refractivity contribution < 1.29 is 18.5 Å². The summed E-state index contributed by atoms with van der Waals surface area (Å²) in [4.78, 5) is 19.3. The Labute approximate surface area is 168 Å². The molecule has 0 atom stereocenters. The molecule has 1 aromatic carbocycles. The molecular weight excluding hydrogens is 378 g/mol. The second-order valence-electron chi connectivity index (χ2n) is 8.03. The molecule has 0 bridgehead atoms. The molecule has 1 aliphatic rings. The van der Waals surface area contributed by atoms with Crippen LogP contribution in [0.3, 0.4) is 0 Å². The Morgan fingerprint density at radius 3 is 2.71 bits per heavy atom. The van der Waals surface area contributed by atoms with Gasteiger partial charge in [0.1, 0.15) is 11.2 Å². The van der Waals surface area contributed by atoms with E-state index in [-0.39, 0.29) is 12.0 Å². The Hall–Kier alpha value is -2.48. The standard InChI is InChI=1S/C20H23N3O4S/c1-20(2,3)26-19(24)23-8-6-12(7-9-23)17-21-18(27-22-17)16-11-13-10-14(28)4-5-15(13)25-16/h4-5,10-12,28H,6-9H2,1-3H3. The fraction of sp³-hybridized carbons (Fsp3) is 0.450. The number of thiol groups is 1. The van der Waals surface area contributed by atoms with Gasteiger partial charge in [-0.15, -0.1) is 12.6 Å². The lowest BCUT2D eigenvalue weighted by Crippen LogP contribution is -2.41. The quantitative estimate of drug-likeness (QED) is 0.616. The molecule has 28 heavy (non-hydrogen) atoms. The highest BCUT2D eigenvalue weighted by atomic mass is 32.1. The molecule has 1 aliphatic heterocycles. The minimum Gasteiger partial charge on any atom is -0.451 e. The number of rotatable bonds is 2. The minimum absolute atomic E-state index is 0.143. The molecule has 0 spiro atoms. The molecule has 7 nitrogen and oxygen atoms in total. The lowest BCUT2D eigenvalue weighted by molar-refractivity contribution is 0.0203. The molecule has 1 amide bonds. The smallest absolute Gasteiger partial charge is 0.410 e. The van der Waals surface area contributed by atoms with Crippen molar-refractivity contribution in [3.63, 3.8) is 0 Å². The van der Waals surface area contributed by atoms with Gasteiger partial charge >= 0.3 is 6.09 Å².